The molecule has 2 aromatic carbocycles. The Morgan fingerprint density at radius 3 is 2.67 bits per heavy atom. The fourth-order valence-corrected chi connectivity index (χ4v) is 2.33. The van der Waals surface area contributed by atoms with Crippen molar-refractivity contribution in [3.8, 4) is 5.75 Å². The molecule has 2 rings (SSSR count). The van der Waals surface area contributed by atoms with Gasteiger partial charge in [-0.15, -0.1) is 0 Å². The number of benzene rings is 2. The van der Waals surface area contributed by atoms with Crippen LogP contribution in [0.2, 0.25) is 0 Å². The third kappa shape index (κ3) is 4.02. The van der Waals surface area contributed by atoms with Crippen LogP contribution >= 0.6 is 15.9 Å². The van der Waals surface area contributed by atoms with Crippen molar-refractivity contribution in [3.63, 3.8) is 0 Å². The number of halogens is 3. The minimum Gasteiger partial charge on any atom is -0.488 e. The maximum absolute atomic E-state index is 13.6. The molecule has 2 nitrogen and oxygen atoms in total. The van der Waals surface area contributed by atoms with Crippen LogP contribution in [-0.2, 0) is 6.61 Å². The van der Waals surface area contributed by atoms with Crippen molar-refractivity contribution in [3.05, 3.63) is 63.6 Å². The van der Waals surface area contributed by atoms with Crippen molar-refractivity contribution in [1.82, 2.24) is 5.32 Å². The van der Waals surface area contributed by atoms with Crippen molar-refractivity contribution < 1.29 is 13.5 Å². The van der Waals surface area contributed by atoms with Gasteiger partial charge >= 0.3 is 0 Å². The number of ether oxygens (including phenoxy) is 1. The average molecular weight is 356 g/mol. The Bertz CT molecular complexity index is 634. The van der Waals surface area contributed by atoms with Gasteiger partial charge in [-0.2, -0.15) is 0 Å². The second kappa shape index (κ2) is 7.00. The van der Waals surface area contributed by atoms with E-state index in [9.17, 15) is 8.78 Å². The Hall–Kier alpha value is -1.46. The van der Waals surface area contributed by atoms with Gasteiger partial charge in [-0.1, -0.05) is 15.9 Å². The standard InChI is InChI=1S/C16H16BrF2NO/c1-10(20-2)14-8-12(17)3-6-16(14)21-9-11-7-13(18)4-5-15(11)19/h3-8,10,20H,9H2,1-2H3. The van der Waals surface area contributed by atoms with Crippen LogP contribution in [-0.4, -0.2) is 7.05 Å². The summed E-state index contributed by atoms with van der Waals surface area (Å²) < 4.78 is 33.3. The van der Waals surface area contributed by atoms with Crippen LogP contribution in [0.3, 0.4) is 0 Å². The molecule has 0 aliphatic carbocycles. The fraction of sp³-hybridized carbons (Fsp3) is 0.250. The summed E-state index contributed by atoms with van der Waals surface area (Å²) in [6.45, 7) is 1.98. The van der Waals surface area contributed by atoms with Gasteiger partial charge in [0.15, 0.2) is 0 Å². The summed E-state index contributed by atoms with van der Waals surface area (Å²) in [7, 11) is 1.85. The summed E-state index contributed by atoms with van der Waals surface area (Å²) in [6, 6.07) is 9.02. The summed E-state index contributed by atoms with van der Waals surface area (Å²) in [5.41, 5.74) is 1.14. The molecule has 0 bridgehead atoms. The number of hydrogen-bond acceptors (Lipinski definition) is 2. The lowest BCUT2D eigenvalue weighted by molar-refractivity contribution is 0.293. The predicted molar refractivity (Wildman–Crippen MR) is 82.3 cm³/mol. The lowest BCUT2D eigenvalue weighted by atomic mass is 10.1. The van der Waals surface area contributed by atoms with Crippen LogP contribution in [0.25, 0.3) is 0 Å². The maximum atomic E-state index is 13.6. The van der Waals surface area contributed by atoms with Gasteiger partial charge in [-0.05, 0) is 50.4 Å². The molecule has 0 radical (unpaired) electrons. The molecular formula is C16H16BrF2NO. The molecule has 2 aromatic rings. The molecule has 112 valence electrons. The minimum atomic E-state index is -0.477. The van der Waals surface area contributed by atoms with Gasteiger partial charge in [-0.3, -0.25) is 0 Å². The van der Waals surface area contributed by atoms with Crippen LogP contribution in [0, 0.1) is 11.6 Å². The monoisotopic (exact) mass is 355 g/mol. The highest BCUT2D eigenvalue weighted by Crippen LogP contribution is 2.29. The normalized spacial score (nSPS) is 12.2. The van der Waals surface area contributed by atoms with E-state index in [2.05, 4.69) is 21.2 Å². The molecule has 0 aliphatic heterocycles. The summed E-state index contributed by atoms with van der Waals surface area (Å²) in [5.74, 6) is -0.310. The van der Waals surface area contributed by atoms with Gasteiger partial charge in [0.2, 0.25) is 0 Å². The van der Waals surface area contributed by atoms with E-state index in [1.807, 2.05) is 32.2 Å². The number of rotatable bonds is 5. The lowest BCUT2D eigenvalue weighted by Gasteiger charge is -2.17. The van der Waals surface area contributed by atoms with Gasteiger partial charge in [0.1, 0.15) is 24.0 Å². The zero-order chi connectivity index (χ0) is 15.4. The minimum absolute atomic E-state index is 0.0192. The quantitative estimate of drug-likeness (QED) is 0.846. The molecule has 0 spiro atoms. The summed E-state index contributed by atoms with van der Waals surface area (Å²) in [5, 5.41) is 3.13. The Kier molecular flexibility index (Phi) is 5.31. The summed E-state index contributed by atoms with van der Waals surface area (Å²) in [4.78, 5) is 0. The smallest absolute Gasteiger partial charge is 0.130 e. The molecule has 1 atom stereocenters. The van der Waals surface area contributed by atoms with E-state index >= 15 is 0 Å². The van der Waals surface area contributed by atoms with E-state index in [1.165, 1.54) is 0 Å². The molecular weight excluding hydrogens is 340 g/mol. The molecule has 21 heavy (non-hydrogen) atoms. The van der Waals surface area contributed by atoms with Crippen molar-refractivity contribution in [1.29, 1.82) is 0 Å². The third-order valence-corrected chi connectivity index (χ3v) is 3.76. The van der Waals surface area contributed by atoms with Crippen molar-refractivity contribution in [2.75, 3.05) is 7.05 Å². The Morgan fingerprint density at radius 2 is 1.95 bits per heavy atom. The van der Waals surface area contributed by atoms with E-state index < -0.39 is 11.6 Å². The van der Waals surface area contributed by atoms with Crippen LogP contribution in [0.15, 0.2) is 40.9 Å². The Morgan fingerprint density at radius 1 is 1.19 bits per heavy atom. The highest BCUT2D eigenvalue weighted by atomic mass is 79.9. The maximum Gasteiger partial charge on any atom is 0.130 e. The molecule has 0 aromatic heterocycles. The van der Waals surface area contributed by atoms with E-state index in [0.29, 0.717) is 5.75 Å². The summed E-state index contributed by atoms with van der Waals surface area (Å²) in [6.07, 6.45) is 0. The van der Waals surface area contributed by atoms with E-state index in [4.69, 9.17) is 4.74 Å². The highest BCUT2D eigenvalue weighted by molar-refractivity contribution is 9.10. The fourth-order valence-electron chi connectivity index (χ4n) is 1.95. The Balaban J connectivity index is 2.21. The first-order valence-corrected chi connectivity index (χ1v) is 7.34. The molecule has 0 aliphatic rings. The topological polar surface area (TPSA) is 21.3 Å². The van der Waals surface area contributed by atoms with E-state index in [1.54, 1.807) is 0 Å². The SMILES string of the molecule is CNC(C)c1cc(Br)ccc1OCc1cc(F)ccc1F. The predicted octanol–water partition coefficient (Wildman–Crippen LogP) is 4.59. The van der Waals surface area contributed by atoms with Crippen LogP contribution < -0.4 is 10.1 Å². The van der Waals surface area contributed by atoms with Crippen molar-refractivity contribution >= 4 is 15.9 Å². The van der Waals surface area contributed by atoms with Crippen LogP contribution in [0.5, 0.6) is 5.75 Å². The molecule has 0 heterocycles. The molecule has 0 saturated heterocycles. The van der Waals surface area contributed by atoms with Gasteiger partial charge < -0.3 is 10.1 Å². The number of nitrogens with one attached hydrogen (secondary N) is 1. The third-order valence-electron chi connectivity index (χ3n) is 3.26. The first-order valence-electron chi connectivity index (χ1n) is 6.54. The van der Waals surface area contributed by atoms with Crippen molar-refractivity contribution in [2.45, 2.75) is 19.6 Å². The van der Waals surface area contributed by atoms with E-state index in [-0.39, 0.29) is 18.2 Å². The first kappa shape index (κ1) is 15.9. The molecule has 1 unspecified atom stereocenters. The molecule has 0 saturated carbocycles. The first-order chi connectivity index (χ1) is 10.0. The largest absolute Gasteiger partial charge is 0.488 e. The molecule has 0 amide bonds. The average Bonchev–Trinajstić information content (AvgIpc) is 2.48. The van der Waals surface area contributed by atoms with Gasteiger partial charge in [-0.25, -0.2) is 8.78 Å². The molecule has 1 N–H and O–H groups in total. The van der Waals surface area contributed by atoms with Crippen LogP contribution in [0.4, 0.5) is 8.78 Å². The van der Waals surface area contributed by atoms with Gasteiger partial charge in [0.05, 0.1) is 0 Å². The van der Waals surface area contributed by atoms with Crippen molar-refractivity contribution in [2.24, 2.45) is 0 Å². The van der Waals surface area contributed by atoms with Gasteiger partial charge in [0.25, 0.3) is 0 Å². The molecule has 0 fully saturated rings. The van der Waals surface area contributed by atoms with Crippen LogP contribution in [0.1, 0.15) is 24.1 Å². The second-order valence-electron chi connectivity index (χ2n) is 4.72. The summed E-state index contributed by atoms with van der Waals surface area (Å²) >= 11 is 3.42. The second-order valence-corrected chi connectivity index (χ2v) is 5.63. The lowest BCUT2D eigenvalue weighted by Crippen LogP contribution is -2.14. The zero-order valence-corrected chi connectivity index (χ0v) is 13.4. The highest BCUT2D eigenvalue weighted by Gasteiger charge is 2.12. The Labute approximate surface area is 131 Å². The molecule has 5 heteroatoms. The number of hydrogen-bond donors (Lipinski definition) is 1. The van der Waals surface area contributed by atoms with Gasteiger partial charge in [0, 0.05) is 21.6 Å². The zero-order valence-electron chi connectivity index (χ0n) is 11.8. The van der Waals surface area contributed by atoms with E-state index in [0.717, 1.165) is 28.2 Å².